The highest BCUT2D eigenvalue weighted by atomic mass is 35.5. The minimum Gasteiger partial charge on any atom is -0.484 e. The monoisotopic (exact) mass is 298 g/mol. The van der Waals surface area contributed by atoms with Crippen molar-refractivity contribution < 1.29 is 9.53 Å². The van der Waals surface area contributed by atoms with Crippen LogP contribution >= 0.6 is 12.4 Å². The zero-order chi connectivity index (χ0) is 13.7. The average Bonchev–Trinajstić information content (AvgIpc) is 2.46. The minimum atomic E-state index is 0. The van der Waals surface area contributed by atoms with Gasteiger partial charge in [-0.3, -0.25) is 4.79 Å². The molecule has 1 unspecified atom stereocenters. The standard InChI is InChI=1S/C15H22N2O2.ClH/c1-12-5-7-14(8-6-12)19-11-15(18)17-9-3-4-13(10-17)16-2;/h5-8,13,16H,3-4,9-11H2,1-2H3;1H. The Morgan fingerprint density at radius 2 is 2.10 bits per heavy atom. The van der Waals surface area contributed by atoms with E-state index in [1.165, 1.54) is 5.56 Å². The summed E-state index contributed by atoms with van der Waals surface area (Å²) in [6.45, 7) is 3.78. The summed E-state index contributed by atoms with van der Waals surface area (Å²) in [5.74, 6) is 0.821. The topological polar surface area (TPSA) is 41.6 Å². The van der Waals surface area contributed by atoms with Gasteiger partial charge in [-0.25, -0.2) is 0 Å². The molecule has 0 aliphatic carbocycles. The molecule has 0 saturated carbocycles. The number of ether oxygens (including phenoxy) is 1. The highest BCUT2D eigenvalue weighted by Crippen LogP contribution is 2.13. The normalized spacial score (nSPS) is 18.3. The van der Waals surface area contributed by atoms with Gasteiger partial charge in [0.1, 0.15) is 5.75 Å². The molecule has 112 valence electrons. The van der Waals surface area contributed by atoms with Crippen LogP contribution in [-0.4, -0.2) is 43.6 Å². The Labute approximate surface area is 126 Å². The number of likely N-dealkylation sites (tertiary alicyclic amines) is 1. The van der Waals surface area contributed by atoms with Crippen LogP contribution in [0, 0.1) is 6.92 Å². The number of halogens is 1. The summed E-state index contributed by atoms with van der Waals surface area (Å²) in [5.41, 5.74) is 1.19. The predicted molar refractivity (Wildman–Crippen MR) is 82.6 cm³/mol. The molecule has 4 nitrogen and oxygen atoms in total. The predicted octanol–water partition coefficient (Wildman–Crippen LogP) is 2.01. The summed E-state index contributed by atoms with van der Waals surface area (Å²) in [7, 11) is 1.95. The van der Waals surface area contributed by atoms with Crippen molar-refractivity contribution in [2.45, 2.75) is 25.8 Å². The van der Waals surface area contributed by atoms with Crippen molar-refractivity contribution in [3.8, 4) is 5.75 Å². The van der Waals surface area contributed by atoms with E-state index in [-0.39, 0.29) is 24.9 Å². The zero-order valence-electron chi connectivity index (χ0n) is 12.1. The quantitative estimate of drug-likeness (QED) is 0.924. The van der Waals surface area contributed by atoms with E-state index >= 15 is 0 Å². The summed E-state index contributed by atoms with van der Waals surface area (Å²) >= 11 is 0. The molecular weight excluding hydrogens is 276 g/mol. The second kappa shape index (κ2) is 8.12. The van der Waals surface area contributed by atoms with Crippen LogP contribution in [0.1, 0.15) is 18.4 Å². The lowest BCUT2D eigenvalue weighted by Crippen LogP contribution is -2.48. The molecule has 2 rings (SSSR count). The van der Waals surface area contributed by atoms with Gasteiger partial charge in [0.2, 0.25) is 0 Å². The van der Waals surface area contributed by atoms with Gasteiger partial charge in [0.15, 0.2) is 6.61 Å². The molecule has 1 heterocycles. The summed E-state index contributed by atoms with van der Waals surface area (Å²) in [6, 6.07) is 8.18. The lowest BCUT2D eigenvalue weighted by molar-refractivity contribution is -0.134. The van der Waals surface area contributed by atoms with Crippen LogP contribution in [0.2, 0.25) is 0 Å². The van der Waals surface area contributed by atoms with E-state index in [1.807, 2.05) is 43.1 Å². The van der Waals surface area contributed by atoms with Gasteiger partial charge >= 0.3 is 0 Å². The van der Waals surface area contributed by atoms with Gasteiger partial charge in [0.25, 0.3) is 5.91 Å². The maximum atomic E-state index is 12.1. The van der Waals surface area contributed by atoms with E-state index < -0.39 is 0 Å². The second-order valence-corrected chi connectivity index (χ2v) is 5.07. The fourth-order valence-corrected chi connectivity index (χ4v) is 2.31. The van der Waals surface area contributed by atoms with Crippen molar-refractivity contribution in [2.24, 2.45) is 0 Å². The van der Waals surface area contributed by atoms with Crippen LogP contribution in [0.4, 0.5) is 0 Å². The molecule has 0 aromatic heterocycles. The molecule has 1 N–H and O–H groups in total. The van der Waals surface area contributed by atoms with Crippen LogP contribution in [0.15, 0.2) is 24.3 Å². The van der Waals surface area contributed by atoms with Gasteiger partial charge in [-0.05, 0) is 38.9 Å². The zero-order valence-corrected chi connectivity index (χ0v) is 12.9. The number of nitrogens with one attached hydrogen (secondary N) is 1. The average molecular weight is 299 g/mol. The fraction of sp³-hybridized carbons (Fsp3) is 0.533. The smallest absolute Gasteiger partial charge is 0.260 e. The third kappa shape index (κ3) is 4.69. The number of hydrogen-bond acceptors (Lipinski definition) is 3. The fourth-order valence-electron chi connectivity index (χ4n) is 2.31. The number of amides is 1. The molecule has 0 spiro atoms. The molecule has 1 amide bonds. The van der Waals surface area contributed by atoms with E-state index in [0.29, 0.717) is 6.04 Å². The Balaban J connectivity index is 0.00000200. The maximum Gasteiger partial charge on any atom is 0.260 e. The number of nitrogens with zero attached hydrogens (tertiary/aromatic N) is 1. The van der Waals surface area contributed by atoms with Crippen LogP contribution in [0.5, 0.6) is 5.75 Å². The van der Waals surface area contributed by atoms with Gasteiger partial charge in [0.05, 0.1) is 0 Å². The van der Waals surface area contributed by atoms with Crippen LogP contribution in [0.25, 0.3) is 0 Å². The van der Waals surface area contributed by atoms with Crippen LogP contribution in [-0.2, 0) is 4.79 Å². The van der Waals surface area contributed by atoms with Gasteiger partial charge < -0.3 is 15.0 Å². The lowest BCUT2D eigenvalue weighted by Gasteiger charge is -2.32. The number of aryl methyl sites for hydroxylation is 1. The molecule has 5 heteroatoms. The molecule has 1 aliphatic heterocycles. The van der Waals surface area contributed by atoms with Crippen LogP contribution in [0.3, 0.4) is 0 Å². The first-order valence-electron chi connectivity index (χ1n) is 6.83. The Bertz CT molecular complexity index is 422. The first-order valence-corrected chi connectivity index (χ1v) is 6.83. The molecule has 1 aromatic rings. The molecule has 1 atom stereocenters. The summed E-state index contributed by atoms with van der Waals surface area (Å²) in [4.78, 5) is 14.0. The SMILES string of the molecule is CNC1CCCN(C(=O)COc2ccc(C)cc2)C1.Cl. The lowest BCUT2D eigenvalue weighted by atomic mass is 10.1. The molecule has 1 aliphatic rings. The number of likely N-dealkylation sites (N-methyl/N-ethyl adjacent to an activating group) is 1. The summed E-state index contributed by atoms with van der Waals surface area (Å²) in [6.07, 6.45) is 2.20. The number of hydrogen-bond donors (Lipinski definition) is 1. The Morgan fingerprint density at radius 1 is 1.40 bits per heavy atom. The van der Waals surface area contributed by atoms with Gasteiger partial charge in [-0.15, -0.1) is 12.4 Å². The van der Waals surface area contributed by atoms with Crippen molar-refractivity contribution >= 4 is 18.3 Å². The third-order valence-corrected chi connectivity index (χ3v) is 3.57. The van der Waals surface area contributed by atoms with Crippen molar-refractivity contribution in [2.75, 3.05) is 26.7 Å². The largest absolute Gasteiger partial charge is 0.484 e. The summed E-state index contributed by atoms with van der Waals surface area (Å²) < 4.78 is 5.53. The molecule has 0 radical (unpaired) electrons. The Hall–Kier alpha value is -1.26. The van der Waals surface area contributed by atoms with Crippen LogP contribution < -0.4 is 10.1 Å². The molecule has 20 heavy (non-hydrogen) atoms. The Morgan fingerprint density at radius 3 is 2.75 bits per heavy atom. The highest BCUT2D eigenvalue weighted by Gasteiger charge is 2.22. The molecule has 1 saturated heterocycles. The van der Waals surface area contributed by atoms with Crippen molar-refractivity contribution in [3.05, 3.63) is 29.8 Å². The number of carbonyl (C=O) groups excluding carboxylic acids is 1. The molecule has 1 aromatic carbocycles. The van der Waals surface area contributed by atoms with Gasteiger partial charge in [0, 0.05) is 19.1 Å². The highest BCUT2D eigenvalue weighted by molar-refractivity contribution is 5.85. The Kier molecular flexibility index (Phi) is 6.82. The number of rotatable bonds is 4. The van der Waals surface area contributed by atoms with Gasteiger partial charge in [-0.1, -0.05) is 17.7 Å². The van der Waals surface area contributed by atoms with E-state index in [0.717, 1.165) is 31.7 Å². The molecule has 0 bridgehead atoms. The van der Waals surface area contributed by atoms with E-state index in [4.69, 9.17) is 4.74 Å². The molecule has 1 fully saturated rings. The maximum absolute atomic E-state index is 12.1. The van der Waals surface area contributed by atoms with E-state index in [9.17, 15) is 4.79 Å². The number of benzene rings is 1. The first kappa shape index (κ1) is 16.8. The first-order chi connectivity index (χ1) is 9.19. The van der Waals surface area contributed by atoms with E-state index in [1.54, 1.807) is 0 Å². The number of carbonyl (C=O) groups is 1. The minimum absolute atomic E-state index is 0. The molecular formula is C15H23ClN2O2. The number of piperidine rings is 1. The summed E-state index contributed by atoms with van der Waals surface area (Å²) in [5, 5.41) is 3.23. The van der Waals surface area contributed by atoms with Crippen molar-refractivity contribution in [1.29, 1.82) is 0 Å². The second-order valence-electron chi connectivity index (χ2n) is 5.07. The van der Waals surface area contributed by atoms with Crippen molar-refractivity contribution in [3.63, 3.8) is 0 Å². The third-order valence-electron chi connectivity index (χ3n) is 3.57. The van der Waals surface area contributed by atoms with E-state index in [2.05, 4.69) is 5.32 Å². The van der Waals surface area contributed by atoms with Gasteiger partial charge in [-0.2, -0.15) is 0 Å². The van der Waals surface area contributed by atoms with Crippen molar-refractivity contribution in [1.82, 2.24) is 10.2 Å².